The van der Waals surface area contributed by atoms with Crippen LogP contribution in [0.2, 0.25) is 0 Å². The van der Waals surface area contributed by atoms with Crippen molar-refractivity contribution in [2.75, 3.05) is 5.32 Å². The second kappa shape index (κ2) is 6.53. The van der Waals surface area contributed by atoms with E-state index < -0.39 is 0 Å². The monoisotopic (exact) mass is 456 g/mol. The molecule has 1 aromatic carbocycles. The lowest BCUT2D eigenvalue weighted by Crippen LogP contribution is -2.16. The molecule has 0 saturated heterocycles. The average Bonchev–Trinajstić information content (AvgIpc) is 3.04. The van der Waals surface area contributed by atoms with Crippen molar-refractivity contribution in [3.63, 3.8) is 0 Å². The minimum absolute atomic E-state index is 0.162. The van der Waals surface area contributed by atoms with Gasteiger partial charge in [0.25, 0.3) is 0 Å². The summed E-state index contributed by atoms with van der Waals surface area (Å²) >= 11 is 8.92. The summed E-state index contributed by atoms with van der Waals surface area (Å²) in [5, 5.41) is 16.3. The number of halogens is 2. The van der Waals surface area contributed by atoms with Gasteiger partial charge in [-0.3, -0.25) is 0 Å². The third-order valence-corrected chi connectivity index (χ3v) is 6.04. The van der Waals surface area contributed by atoms with E-state index in [-0.39, 0.29) is 5.41 Å². The van der Waals surface area contributed by atoms with Crippen LogP contribution < -0.4 is 5.32 Å². The van der Waals surface area contributed by atoms with Crippen molar-refractivity contribution in [2.45, 2.75) is 33.9 Å². The Hall–Kier alpha value is -0.920. The third kappa shape index (κ3) is 3.78. The molecule has 23 heavy (non-hydrogen) atoms. The number of thiophene rings is 1. The van der Waals surface area contributed by atoms with Gasteiger partial charge in [-0.15, -0.1) is 5.10 Å². The quantitative estimate of drug-likeness (QED) is 0.548. The molecule has 0 aliphatic carbocycles. The van der Waals surface area contributed by atoms with E-state index in [4.69, 9.17) is 0 Å². The number of rotatable bonds is 4. The highest BCUT2D eigenvalue weighted by Gasteiger charge is 2.17. The molecule has 4 nitrogen and oxygen atoms in total. The molecule has 0 radical (unpaired) electrons. The van der Waals surface area contributed by atoms with Gasteiger partial charge in [0.1, 0.15) is 5.52 Å². The zero-order valence-electron chi connectivity index (χ0n) is 13.2. The van der Waals surface area contributed by atoms with Gasteiger partial charge in [-0.2, -0.15) is 11.3 Å². The van der Waals surface area contributed by atoms with Crippen LogP contribution in [-0.2, 0) is 13.1 Å². The summed E-state index contributed by atoms with van der Waals surface area (Å²) in [6.45, 7) is 8.20. The third-order valence-electron chi connectivity index (χ3n) is 3.41. The summed E-state index contributed by atoms with van der Waals surface area (Å²) in [5.41, 5.74) is 4.38. The average molecular weight is 458 g/mol. The van der Waals surface area contributed by atoms with Gasteiger partial charge in [0.05, 0.1) is 15.7 Å². The molecule has 0 amide bonds. The summed E-state index contributed by atoms with van der Waals surface area (Å²) in [6, 6.07) is 4.16. The molecule has 0 fully saturated rings. The van der Waals surface area contributed by atoms with Crippen LogP contribution in [0, 0.1) is 5.41 Å². The summed E-state index contributed by atoms with van der Waals surface area (Å²) < 4.78 is 4.07. The van der Waals surface area contributed by atoms with Crippen molar-refractivity contribution >= 4 is 59.9 Å². The maximum atomic E-state index is 4.34. The van der Waals surface area contributed by atoms with Crippen LogP contribution in [0.25, 0.3) is 11.0 Å². The fourth-order valence-corrected chi connectivity index (χ4v) is 4.33. The Labute approximate surface area is 156 Å². The molecule has 122 valence electrons. The maximum Gasteiger partial charge on any atom is 0.129 e. The normalized spacial score (nSPS) is 12.0. The molecule has 1 N–H and O–H groups in total. The minimum Gasteiger partial charge on any atom is -0.380 e. The zero-order chi connectivity index (χ0) is 16.6. The van der Waals surface area contributed by atoms with Crippen LogP contribution in [0.3, 0.4) is 0 Å². The van der Waals surface area contributed by atoms with Gasteiger partial charge in [-0.25, -0.2) is 4.68 Å². The van der Waals surface area contributed by atoms with Gasteiger partial charge < -0.3 is 5.32 Å². The van der Waals surface area contributed by atoms with Gasteiger partial charge in [-0.1, -0.05) is 26.0 Å². The topological polar surface area (TPSA) is 42.7 Å². The van der Waals surface area contributed by atoms with Crippen molar-refractivity contribution in [3.8, 4) is 0 Å². The smallest absolute Gasteiger partial charge is 0.129 e. The Morgan fingerprint density at radius 1 is 1.22 bits per heavy atom. The van der Waals surface area contributed by atoms with E-state index in [1.54, 1.807) is 11.3 Å². The van der Waals surface area contributed by atoms with Crippen LogP contribution in [0.1, 0.15) is 26.3 Å². The highest BCUT2D eigenvalue weighted by molar-refractivity contribution is 9.11. The fourth-order valence-electron chi connectivity index (χ4n) is 2.33. The number of anilines is 1. The molecule has 2 heterocycles. The summed E-state index contributed by atoms with van der Waals surface area (Å²) in [4.78, 5) is 0. The van der Waals surface area contributed by atoms with Crippen LogP contribution in [0.5, 0.6) is 0 Å². The molecule has 0 aliphatic heterocycles. The number of nitrogens with zero attached hydrogens (tertiary/aromatic N) is 3. The van der Waals surface area contributed by atoms with Crippen LogP contribution >= 0.6 is 43.2 Å². The van der Waals surface area contributed by atoms with Gasteiger partial charge >= 0.3 is 0 Å². The Morgan fingerprint density at radius 2 is 2.00 bits per heavy atom. The first-order valence-electron chi connectivity index (χ1n) is 7.31. The molecule has 2 aromatic heterocycles. The van der Waals surface area contributed by atoms with Gasteiger partial charge in [0.15, 0.2) is 0 Å². The molecule has 0 bridgehead atoms. The van der Waals surface area contributed by atoms with Crippen LogP contribution in [0.4, 0.5) is 5.69 Å². The first kappa shape index (κ1) is 16.9. The fraction of sp³-hybridized carbons (Fsp3) is 0.375. The van der Waals surface area contributed by atoms with Gasteiger partial charge in [0.2, 0.25) is 0 Å². The predicted molar refractivity (Wildman–Crippen MR) is 104 cm³/mol. The molecule has 7 heteroatoms. The van der Waals surface area contributed by atoms with Crippen molar-refractivity contribution in [3.05, 3.63) is 37.4 Å². The largest absolute Gasteiger partial charge is 0.380 e. The molecule has 0 atom stereocenters. The zero-order valence-corrected chi connectivity index (χ0v) is 17.2. The van der Waals surface area contributed by atoms with Crippen molar-refractivity contribution in [2.24, 2.45) is 5.41 Å². The summed E-state index contributed by atoms with van der Waals surface area (Å²) in [6.07, 6.45) is 0. The summed E-state index contributed by atoms with van der Waals surface area (Å²) in [5.74, 6) is 0. The van der Waals surface area contributed by atoms with E-state index in [0.29, 0.717) is 0 Å². The molecule has 3 aromatic rings. The number of benzene rings is 1. The Morgan fingerprint density at radius 3 is 2.65 bits per heavy atom. The molecular formula is C16H18Br2N4S. The van der Waals surface area contributed by atoms with Crippen LogP contribution in [0.15, 0.2) is 31.8 Å². The predicted octanol–water partition coefficient (Wildman–Crippen LogP) is 5.68. The maximum absolute atomic E-state index is 4.34. The van der Waals surface area contributed by atoms with E-state index in [1.165, 1.54) is 5.56 Å². The van der Waals surface area contributed by atoms with Crippen LogP contribution in [-0.4, -0.2) is 15.0 Å². The van der Waals surface area contributed by atoms with E-state index in [2.05, 4.69) is 91.2 Å². The highest BCUT2D eigenvalue weighted by atomic mass is 79.9. The number of nitrogens with one attached hydrogen (secondary N) is 1. The van der Waals surface area contributed by atoms with E-state index in [9.17, 15) is 0 Å². The number of fused-ring (bicyclic) bond motifs is 1. The first-order valence-corrected chi connectivity index (χ1v) is 9.84. The lowest BCUT2D eigenvalue weighted by Gasteiger charge is -2.18. The van der Waals surface area contributed by atoms with Crippen molar-refractivity contribution in [1.82, 2.24) is 15.0 Å². The second-order valence-electron chi connectivity index (χ2n) is 6.70. The molecule has 3 rings (SSSR count). The Balaban J connectivity index is 1.86. The van der Waals surface area contributed by atoms with E-state index >= 15 is 0 Å². The van der Waals surface area contributed by atoms with Gasteiger partial charge in [-0.05, 0) is 60.4 Å². The van der Waals surface area contributed by atoms with E-state index in [1.807, 2.05) is 4.68 Å². The SMILES string of the molecule is CC(C)(C)Cn1nnc2c(Br)c(NCc3cscc3Br)ccc21. The molecule has 0 spiro atoms. The van der Waals surface area contributed by atoms with Gasteiger partial charge in [0, 0.05) is 22.9 Å². The van der Waals surface area contributed by atoms with Crippen molar-refractivity contribution in [1.29, 1.82) is 0 Å². The van der Waals surface area contributed by atoms with Crippen molar-refractivity contribution < 1.29 is 0 Å². The molecule has 0 aliphatic rings. The standard InChI is InChI=1S/C16H18Br2N4S/c1-16(2,3)9-22-13-5-4-12(14(18)15(13)20-21-22)19-6-10-7-23-8-11(10)17/h4-5,7-8,19H,6,9H2,1-3H3. The molecule has 0 unspecified atom stereocenters. The number of aromatic nitrogens is 3. The number of hydrogen-bond donors (Lipinski definition) is 1. The minimum atomic E-state index is 0.162. The second-order valence-corrected chi connectivity index (χ2v) is 9.09. The number of hydrogen-bond acceptors (Lipinski definition) is 4. The highest BCUT2D eigenvalue weighted by Crippen LogP contribution is 2.32. The molecule has 0 saturated carbocycles. The Bertz CT molecular complexity index is 832. The Kier molecular flexibility index (Phi) is 4.80. The molecular weight excluding hydrogens is 440 g/mol. The summed E-state index contributed by atoms with van der Waals surface area (Å²) in [7, 11) is 0. The van der Waals surface area contributed by atoms with E-state index in [0.717, 1.165) is 38.8 Å². The first-order chi connectivity index (χ1) is 10.8. The lowest BCUT2D eigenvalue weighted by molar-refractivity contribution is 0.327. The lowest BCUT2D eigenvalue weighted by atomic mass is 9.97.